The average Bonchev–Trinajstić information content (AvgIpc) is 2.86. The van der Waals surface area contributed by atoms with Crippen LogP contribution in [0.15, 0.2) is 17.7 Å². The van der Waals surface area contributed by atoms with Crippen molar-refractivity contribution < 1.29 is 4.79 Å². The van der Waals surface area contributed by atoms with Gasteiger partial charge in [0.2, 0.25) is 0 Å². The molecule has 0 radical (unpaired) electrons. The largest absolute Gasteiger partial charge is 0.347 e. The molecule has 0 spiro atoms. The van der Waals surface area contributed by atoms with Crippen LogP contribution in [-0.2, 0) is 6.42 Å². The Morgan fingerprint density at radius 2 is 2.39 bits per heavy atom. The molecular weight excluding hydrogens is 252 g/mol. The van der Waals surface area contributed by atoms with Crippen LogP contribution in [0.1, 0.15) is 29.5 Å². The summed E-state index contributed by atoms with van der Waals surface area (Å²) in [7, 11) is 0. The van der Waals surface area contributed by atoms with Crippen LogP contribution in [0.3, 0.4) is 0 Å². The van der Waals surface area contributed by atoms with E-state index in [1.165, 1.54) is 5.57 Å². The van der Waals surface area contributed by atoms with Crippen LogP contribution < -0.4 is 10.6 Å². The number of nitrogens with one attached hydrogen (secondary N) is 3. The van der Waals surface area contributed by atoms with Crippen molar-refractivity contribution in [2.45, 2.75) is 19.8 Å². The highest BCUT2D eigenvalue weighted by molar-refractivity contribution is 5.92. The van der Waals surface area contributed by atoms with Gasteiger partial charge in [0, 0.05) is 18.8 Å². The maximum Gasteiger partial charge on any atom is 0.272 e. The zero-order chi connectivity index (χ0) is 12.1. The Labute approximate surface area is 113 Å². The molecular formula is C12H19ClN4O. The smallest absolute Gasteiger partial charge is 0.272 e. The third-order valence-corrected chi connectivity index (χ3v) is 2.88. The van der Waals surface area contributed by atoms with Crippen molar-refractivity contribution in [3.8, 4) is 0 Å². The van der Waals surface area contributed by atoms with E-state index in [0.29, 0.717) is 12.2 Å². The minimum absolute atomic E-state index is 0. The molecule has 1 aromatic rings. The molecule has 1 aliphatic rings. The monoisotopic (exact) mass is 270 g/mol. The number of rotatable bonds is 4. The molecule has 18 heavy (non-hydrogen) atoms. The summed E-state index contributed by atoms with van der Waals surface area (Å²) in [4.78, 5) is 11.8. The normalized spacial score (nSPS) is 14.6. The highest BCUT2D eigenvalue weighted by atomic mass is 35.5. The predicted octanol–water partition coefficient (Wildman–Crippen LogP) is 1.04. The van der Waals surface area contributed by atoms with Crippen LogP contribution in [0.5, 0.6) is 0 Å². The van der Waals surface area contributed by atoms with Crippen LogP contribution in [0.25, 0.3) is 0 Å². The number of carbonyl (C=O) groups is 1. The second-order valence-corrected chi connectivity index (χ2v) is 4.13. The summed E-state index contributed by atoms with van der Waals surface area (Å²) >= 11 is 0. The maximum absolute atomic E-state index is 11.8. The Balaban J connectivity index is 0.00000162. The molecule has 1 amide bonds. The van der Waals surface area contributed by atoms with E-state index in [2.05, 4.69) is 26.9 Å². The first kappa shape index (κ1) is 14.7. The predicted molar refractivity (Wildman–Crippen MR) is 73.1 cm³/mol. The number of aryl methyl sites for hydroxylation is 1. The molecule has 2 heterocycles. The van der Waals surface area contributed by atoms with E-state index in [-0.39, 0.29) is 18.3 Å². The van der Waals surface area contributed by atoms with Crippen molar-refractivity contribution in [1.82, 2.24) is 20.8 Å². The fourth-order valence-corrected chi connectivity index (χ4v) is 1.77. The van der Waals surface area contributed by atoms with Crippen molar-refractivity contribution in [2.75, 3.05) is 19.6 Å². The van der Waals surface area contributed by atoms with Crippen molar-refractivity contribution in [3.63, 3.8) is 0 Å². The Morgan fingerprint density at radius 1 is 1.56 bits per heavy atom. The number of H-pyrrole nitrogens is 1. The average molecular weight is 271 g/mol. The van der Waals surface area contributed by atoms with Gasteiger partial charge in [-0.1, -0.05) is 18.6 Å². The SMILES string of the molecule is CCc1cc(C(=O)NCC2=CCNCC2)n[nH]1.Cl. The van der Waals surface area contributed by atoms with Gasteiger partial charge in [0.05, 0.1) is 0 Å². The number of nitrogens with zero attached hydrogens (tertiary/aromatic N) is 1. The van der Waals surface area contributed by atoms with E-state index in [0.717, 1.165) is 31.6 Å². The summed E-state index contributed by atoms with van der Waals surface area (Å²) in [5.41, 5.74) is 2.73. The highest BCUT2D eigenvalue weighted by Crippen LogP contribution is 2.04. The van der Waals surface area contributed by atoms with Gasteiger partial charge in [-0.15, -0.1) is 12.4 Å². The van der Waals surface area contributed by atoms with Gasteiger partial charge in [0.25, 0.3) is 5.91 Å². The Morgan fingerprint density at radius 3 is 3.00 bits per heavy atom. The Kier molecular flexibility index (Phi) is 5.88. The van der Waals surface area contributed by atoms with Gasteiger partial charge in [-0.2, -0.15) is 5.10 Å². The van der Waals surface area contributed by atoms with Gasteiger partial charge in [0.15, 0.2) is 0 Å². The minimum Gasteiger partial charge on any atom is -0.347 e. The van der Waals surface area contributed by atoms with Crippen LogP contribution >= 0.6 is 12.4 Å². The van der Waals surface area contributed by atoms with Crippen LogP contribution in [0.4, 0.5) is 0 Å². The van der Waals surface area contributed by atoms with Crippen molar-refractivity contribution in [2.24, 2.45) is 0 Å². The molecule has 0 aliphatic carbocycles. The number of aromatic nitrogens is 2. The van der Waals surface area contributed by atoms with Crippen molar-refractivity contribution in [1.29, 1.82) is 0 Å². The second kappa shape index (κ2) is 7.18. The first-order valence-corrected chi connectivity index (χ1v) is 6.00. The number of carbonyl (C=O) groups excluding carboxylic acids is 1. The maximum atomic E-state index is 11.8. The van der Waals surface area contributed by atoms with Crippen LogP contribution in [0, 0.1) is 0 Å². The molecule has 3 N–H and O–H groups in total. The standard InChI is InChI=1S/C12H18N4O.ClH/c1-2-10-7-11(16-15-10)12(17)14-8-9-3-5-13-6-4-9;/h3,7,13H,2,4-6,8H2,1H3,(H,14,17)(H,15,16);1H. The zero-order valence-electron chi connectivity index (χ0n) is 10.5. The number of aromatic amines is 1. The number of hydrogen-bond donors (Lipinski definition) is 3. The minimum atomic E-state index is -0.111. The summed E-state index contributed by atoms with van der Waals surface area (Å²) in [5.74, 6) is -0.111. The van der Waals surface area contributed by atoms with Gasteiger partial charge in [0.1, 0.15) is 5.69 Å². The second-order valence-electron chi connectivity index (χ2n) is 4.13. The summed E-state index contributed by atoms with van der Waals surface area (Å²) < 4.78 is 0. The lowest BCUT2D eigenvalue weighted by atomic mass is 10.1. The zero-order valence-corrected chi connectivity index (χ0v) is 11.3. The number of hydrogen-bond acceptors (Lipinski definition) is 3. The van der Waals surface area contributed by atoms with E-state index in [1.54, 1.807) is 6.07 Å². The number of halogens is 1. The fourth-order valence-electron chi connectivity index (χ4n) is 1.77. The van der Waals surface area contributed by atoms with Crippen molar-refractivity contribution in [3.05, 3.63) is 29.1 Å². The molecule has 0 aromatic carbocycles. The van der Waals surface area contributed by atoms with E-state index < -0.39 is 0 Å². The van der Waals surface area contributed by atoms with Crippen LogP contribution in [-0.4, -0.2) is 35.7 Å². The van der Waals surface area contributed by atoms with Gasteiger partial charge >= 0.3 is 0 Å². The molecule has 5 nitrogen and oxygen atoms in total. The van der Waals surface area contributed by atoms with E-state index in [1.807, 2.05) is 6.92 Å². The molecule has 0 fully saturated rings. The summed E-state index contributed by atoms with van der Waals surface area (Å²) in [6, 6.07) is 1.80. The lowest BCUT2D eigenvalue weighted by Crippen LogP contribution is -2.29. The summed E-state index contributed by atoms with van der Waals surface area (Å²) in [5, 5.41) is 12.9. The molecule has 0 saturated heterocycles. The van der Waals surface area contributed by atoms with Crippen LogP contribution in [0.2, 0.25) is 0 Å². The first-order chi connectivity index (χ1) is 8.29. The quantitative estimate of drug-likeness (QED) is 0.716. The molecule has 100 valence electrons. The first-order valence-electron chi connectivity index (χ1n) is 6.00. The lowest BCUT2D eigenvalue weighted by molar-refractivity contribution is 0.0951. The molecule has 1 aliphatic heterocycles. The third kappa shape index (κ3) is 3.85. The van der Waals surface area contributed by atoms with E-state index in [4.69, 9.17) is 0 Å². The Bertz CT molecular complexity index is 427. The van der Waals surface area contributed by atoms with Gasteiger partial charge in [-0.3, -0.25) is 9.89 Å². The van der Waals surface area contributed by atoms with Crippen molar-refractivity contribution >= 4 is 18.3 Å². The van der Waals surface area contributed by atoms with E-state index in [9.17, 15) is 4.79 Å². The van der Waals surface area contributed by atoms with Gasteiger partial charge in [-0.25, -0.2) is 0 Å². The van der Waals surface area contributed by atoms with Gasteiger partial charge < -0.3 is 10.6 Å². The number of amides is 1. The Hall–Kier alpha value is -1.33. The molecule has 0 unspecified atom stereocenters. The summed E-state index contributed by atoms with van der Waals surface area (Å²) in [6.45, 7) is 4.53. The molecule has 0 saturated carbocycles. The van der Waals surface area contributed by atoms with E-state index >= 15 is 0 Å². The lowest BCUT2D eigenvalue weighted by Gasteiger charge is -2.14. The topological polar surface area (TPSA) is 69.8 Å². The third-order valence-electron chi connectivity index (χ3n) is 2.88. The molecule has 1 aromatic heterocycles. The van der Waals surface area contributed by atoms with Gasteiger partial charge in [-0.05, 0) is 25.5 Å². The molecule has 0 bridgehead atoms. The molecule has 6 heteroatoms. The summed E-state index contributed by atoms with van der Waals surface area (Å²) in [6.07, 6.45) is 3.99. The molecule has 0 atom stereocenters. The molecule has 2 rings (SSSR count). The highest BCUT2D eigenvalue weighted by Gasteiger charge is 2.10. The fraction of sp³-hybridized carbons (Fsp3) is 0.500.